The summed E-state index contributed by atoms with van der Waals surface area (Å²) in [6.45, 7) is 1.93. The molecule has 0 N–H and O–H groups in total. The summed E-state index contributed by atoms with van der Waals surface area (Å²) in [4.78, 5) is 11.5. The second-order valence-electron chi connectivity index (χ2n) is 7.57. The first-order chi connectivity index (χ1) is 13.0. The Bertz CT molecular complexity index is 440. The molecule has 162 valence electrons. The molecule has 0 saturated heterocycles. The van der Waals surface area contributed by atoms with Crippen molar-refractivity contribution in [3.63, 3.8) is 0 Å². The van der Waals surface area contributed by atoms with E-state index in [1.807, 2.05) is 0 Å². The van der Waals surface area contributed by atoms with Gasteiger partial charge in [0.05, 0.1) is 6.61 Å². The van der Waals surface area contributed by atoms with E-state index in [1.54, 1.807) is 0 Å². The molecule has 0 spiro atoms. The molecule has 0 aromatic rings. The zero-order valence-electron chi connectivity index (χ0n) is 18.4. The van der Waals surface area contributed by atoms with Gasteiger partial charge in [0.15, 0.2) is 0 Å². The van der Waals surface area contributed by atoms with Gasteiger partial charge < -0.3 is 4.55 Å². The quantitative estimate of drug-likeness (QED) is 0.121. The third-order valence-corrected chi connectivity index (χ3v) is 5.37. The SMILES string of the molecule is CCCCCCCCCCCCCCCCCCC(=O)CCOS(=O)(=O)[O-].[Na+]. The van der Waals surface area contributed by atoms with Crippen LogP contribution in [0.1, 0.15) is 122 Å². The van der Waals surface area contributed by atoms with Gasteiger partial charge in [0.25, 0.3) is 0 Å². The van der Waals surface area contributed by atoms with Crippen LogP contribution in [0.15, 0.2) is 0 Å². The number of unbranched alkanes of at least 4 members (excludes halogenated alkanes) is 15. The van der Waals surface area contributed by atoms with E-state index in [9.17, 15) is 17.8 Å². The normalized spacial score (nSPS) is 11.4. The Balaban J connectivity index is 0. The Morgan fingerprint density at radius 1 is 0.679 bits per heavy atom. The van der Waals surface area contributed by atoms with Crippen LogP contribution in [-0.2, 0) is 19.4 Å². The summed E-state index contributed by atoms with van der Waals surface area (Å²) >= 11 is 0. The maximum atomic E-state index is 11.5. The Hall–Kier alpha value is 0.540. The van der Waals surface area contributed by atoms with Crippen molar-refractivity contribution < 1.29 is 51.5 Å². The van der Waals surface area contributed by atoms with E-state index in [0.29, 0.717) is 6.42 Å². The number of hydrogen-bond donors (Lipinski definition) is 0. The number of Topliss-reactive ketones (excluding diaryl/α,β-unsaturated/α-hetero) is 1. The molecule has 0 radical (unpaired) electrons. The largest absolute Gasteiger partial charge is 1.00 e. The molecule has 0 saturated carbocycles. The summed E-state index contributed by atoms with van der Waals surface area (Å²) in [5.41, 5.74) is 0. The van der Waals surface area contributed by atoms with Gasteiger partial charge in [-0.1, -0.05) is 103 Å². The summed E-state index contributed by atoms with van der Waals surface area (Å²) in [5.74, 6) is -0.0380. The molecule has 0 rings (SSSR count). The van der Waals surface area contributed by atoms with E-state index in [0.717, 1.165) is 19.3 Å². The number of hydrogen-bond acceptors (Lipinski definition) is 5. The molecule has 0 amide bonds. The fraction of sp³-hybridized carbons (Fsp3) is 0.952. The van der Waals surface area contributed by atoms with Gasteiger partial charge in [-0.25, -0.2) is 8.42 Å². The summed E-state index contributed by atoms with van der Waals surface area (Å²) in [6, 6.07) is 0. The van der Waals surface area contributed by atoms with Crippen molar-refractivity contribution in [2.75, 3.05) is 6.61 Å². The minimum absolute atomic E-state index is 0. The van der Waals surface area contributed by atoms with Gasteiger partial charge in [0.1, 0.15) is 5.78 Å². The van der Waals surface area contributed by atoms with E-state index < -0.39 is 10.4 Å². The zero-order chi connectivity index (χ0) is 20.2. The minimum Gasteiger partial charge on any atom is -0.726 e. The Kier molecular flexibility index (Phi) is 24.4. The average molecular weight is 429 g/mol. The molecule has 0 atom stereocenters. The summed E-state index contributed by atoms with van der Waals surface area (Å²) in [6.07, 6.45) is 21.1. The van der Waals surface area contributed by atoms with Gasteiger partial charge in [-0.2, -0.15) is 0 Å². The molecular weight excluding hydrogens is 387 g/mol. The van der Waals surface area contributed by atoms with Crippen molar-refractivity contribution in [1.82, 2.24) is 0 Å². The van der Waals surface area contributed by atoms with Gasteiger partial charge in [-0.3, -0.25) is 8.98 Å². The molecule has 5 nitrogen and oxygen atoms in total. The molecule has 0 aromatic carbocycles. The topological polar surface area (TPSA) is 83.5 Å². The Morgan fingerprint density at radius 3 is 1.39 bits per heavy atom. The number of carbonyl (C=O) groups is 1. The average Bonchev–Trinajstić information content (AvgIpc) is 2.60. The summed E-state index contributed by atoms with van der Waals surface area (Å²) in [7, 11) is -4.67. The molecular formula is C21H41NaO5S. The molecule has 7 heteroatoms. The fourth-order valence-corrected chi connectivity index (χ4v) is 3.54. The second kappa shape index (κ2) is 22.2. The molecule has 0 aliphatic heterocycles. The first-order valence-corrected chi connectivity index (χ1v) is 12.4. The first-order valence-electron chi connectivity index (χ1n) is 11.1. The van der Waals surface area contributed by atoms with Crippen LogP contribution in [0, 0.1) is 0 Å². The minimum atomic E-state index is -4.67. The third kappa shape index (κ3) is 26.5. The van der Waals surface area contributed by atoms with Crippen LogP contribution in [-0.4, -0.2) is 25.4 Å². The van der Waals surface area contributed by atoms with Crippen molar-refractivity contribution >= 4 is 16.2 Å². The summed E-state index contributed by atoms with van der Waals surface area (Å²) < 4.78 is 34.8. The van der Waals surface area contributed by atoms with E-state index in [1.165, 1.54) is 83.5 Å². The predicted octanol–water partition coefficient (Wildman–Crippen LogP) is 3.08. The van der Waals surface area contributed by atoms with Gasteiger partial charge in [-0.05, 0) is 6.42 Å². The monoisotopic (exact) mass is 428 g/mol. The predicted molar refractivity (Wildman–Crippen MR) is 109 cm³/mol. The van der Waals surface area contributed by atoms with Crippen LogP contribution in [0.2, 0.25) is 0 Å². The van der Waals surface area contributed by atoms with Crippen molar-refractivity contribution in [1.29, 1.82) is 0 Å². The number of ketones is 1. The molecule has 0 bridgehead atoms. The van der Waals surface area contributed by atoms with Crippen LogP contribution < -0.4 is 29.6 Å². The van der Waals surface area contributed by atoms with Crippen LogP contribution in [0.25, 0.3) is 0 Å². The van der Waals surface area contributed by atoms with E-state index >= 15 is 0 Å². The van der Waals surface area contributed by atoms with Crippen molar-refractivity contribution in [2.24, 2.45) is 0 Å². The Labute approximate surface area is 196 Å². The standard InChI is InChI=1S/C21H42O5S.Na/c1-2-3-4-5-6-7-8-9-10-11-12-13-14-15-16-17-18-21(22)19-20-26-27(23,24)25;/h2-20H2,1H3,(H,23,24,25);/q;+1/p-1. The Morgan fingerprint density at radius 2 is 1.04 bits per heavy atom. The van der Waals surface area contributed by atoms with Crippen LogP contribution in [0.3, 0.4) is 0 Å². The van der Waals surface area contributed by atoms with E-state index in [2.05, 4.69) is 11.1 Å². The van der Waals surface area contributed by atoms with Crippen molar-refractivity contribution in [3.05, 3.63) is 0 Å². The number of carbonyl (C=O) groups excluding carboxylic acids is 1. The summed E-state index contributed by atoms with van der Waals surface area (Å²) in [5, 5.41) is 0. The molecule has 0 unspecified atom stereocenters. The molecule has 0 aliphatic carbocycles. The maximum Gasteiger partial charge on any atom is 1.00 e. The van der Waals surface area contributed by atoms with Gasteiger partial charge in [-0.15, -0.1) is 0 Å². The van der Waals surface area contributed by atoms with Crippen molar-refractivity contribution in [3.8, 4) is 0 Å². The van der Waals surface area contributed by atoms with Gasteiger partial charge in [0, 0.05) is 12.8 Å². The second-order valence-corrected chi connectivity index (χ2v) is 8.62. The van der Waals surface area contributed by atoms with Gasteiger partial charge in [0.2, 0.25) is 10.4 Å². The van der Waals surface area contributed by atoms with E-state index in [4.69, 9.17) is 0 Å². The molecule has 0 aromatic heterocycles. The zero-order valence-corrected chi connectivity index (χ0v) is 21.2. The fourth-order valence-electron chi connectivity index (χ4n) is 3.25. The van der Waals surface area contributed by atoms with E-state index in [-0.39, 0.29) is 48.4 Å². The maximum absolute atomic E-state index is 11.5. The van der Waals surface area contributed by atoms with Crippen LogP contribution in [0.4, 0.5) is 0 Å². The third-order valence-electron chi connectivity index (χ3n) is 4.92. The molecule has 0 heterocycles. The molecule has 0 aliphatic rings. The smallest absolute Gasteiger partial charge is 0.726 e. The van der Waals surface area contributed by atoms with Gasteiger partial charge >= 0.3 is 29.6 Å². The molecule has 28 heavy (non-hydrogen) atoms. The first kappa shape index (κ1) is 30.7. The van der Waals surface area contributed by atoms with Crippen LogP contribution in [0.5, 0.6) is 0 Å². The van der Waals surface area contributed by atoms with Crippen LogP contribution >= 0.6 is 0 Å². The molecule has 0 fully saturated rings. The number of rotatable bonds is 21. The van der Waals surface area contributed by atoms with Crippen molar-refractivity contribution in [2.45, 2.75) is 122 Å².